The third kappa shape index (κ3) is 12.4. The normalized spacial score (nSPS) is 15.9. The number of hydrogen-bond donors (Lipinski definition) is 0. The minimum Gasteiger partial charge on any atom is -0.462 e. The van der Waals surface area contributed by atoms with Crippen molar-refractivity contribution in [3.8, 4) is 5.75 Å². The van der Waals surface area contributed by atoms with Crippen molar-refractivity contribution in [2.45, 2.75) is 114 Å². The molecule has 1 heterocycles. The second kappa shape index (κ2) is 21.2. The van der Waals surface area contributed by atoms with E-state index in [0.29, 0.717) is 6.42 Å². The quantitative estimate of drug-likeness (QED) is 0.167. The monoisotopic (exact) mass is 485 g/mol. The van der Waals surface area contributed by atoms with Gasteiger partial charge in [0.05, 0.1) is 0 Å². The summed E-state index contributed by atoms with van der Waals surface area (Å²) < 4.78 is 6.04. The van der Waals surface area contributed by atoms with Crippen LogP contribution in [0, 0.1) is 0 Å². The van der Waals surface area contributed by atoms with Gasteiger partial charge in [-0.05, 0) is 87.8 Å². The van der Waals surface area contributed by atoms with Crippen molar-refractivity contribution in [2.75, 3.05) is 13.1 Å². The lowest BCUT2D eigenvalue weighted by atomic mass is 9.91. The number of carbonyl (C=O) groups excluding carboxylic acids is 1. The maximum Gasteiger partial charge on any atom is 0.156 e. The lowest BCUT2D eigenvalue weighted by Gasteiger charge is -2.36. The van der Waals surface area contributed by atoms with Crippen molar-refractivity contribution in [1.29, 1.82) is 0 Å². The van der Waals surface area contributed by atoms with E-state index in [2.05, 4.69) is 23.1 Å². The van der Waals surface area contributed by atoms with Crippen LogP contribution in [0.15, 0.2) is 53.8 Å². The molecule has 1 aliphatic heterocycles. The molecule has 3 heteroatoms. The summed E-state index contributed by atoms with van der Waals surface area (Å²) in [7, 11) is 0. The van der Waals surface area contributed by atoms with Gasteiger partial charge in [-0.15, -0.1) is 0 Å². The van der Waals surface area contributed by atoms with Gasteiger partial charge in [-0.25, -0.2) is 0 Å². The van der Waals surface area contributed by atoms with E-state index in [1.165, 1.54) is 36.9 Å². The zero-order valence-corrected chi connectivity index (χ0v) is 23.5. The van der Waals surface area contributed by atoms with Gasteiger partial charge in [0.25, 0.3) is 0 Å². The molecule has 0 spiro atoms. The van der Waals surface area contributed by atoms with Crippen LogP contribution in [-0.2, 0) is 17.6 Å². The SMILES string of the molecule is C.CC.CC.CC.CC=CC/C(=C\C=C(/C)Oc1ccc2c(c1)CCN(C1CCC1)CC2)C(C)=O. The number of nitrogens with zero attached hydrogens (tertiary/aromatic N) is 1. The molecular formula is C32H55NO2. The van der Waals surface area contributed by atoms with Crippen LogP contribution in [0.5, 0.6) is 5.75 Å². The Labute approximate surface area is 218 Å². The van der Waals surface area contributed by atoms with E-state index >= 15 is 0 Å². The topological polar surface area (TPSA) is 29.5 Å². The summed E-state index contributed by atoms with van der Waals surface area (Å²) in [5.41, 5.74) is 3.67. The number of allylic oxidation sites excluding steroid dienone is 6. The van der Waals surface area contributed by atoms with E-state index in [0.717, 1.165) is 42.5 Å². The lowest BCUT2D eigenvalue weighted by Crippen LogP contribution is -2.41. The minimum atomic E-state index is 0. The number of Topliss-reactive ketones (excluding diaryl/α,β-unsaturated/α-hetero) is 1. The first kappa shape index (κ1) is 35.0. The van der Waals surface area contributed by atoms with Gasteiger partial charge >= 0.3 is 0 Å². The molecule has 1 aliphatic carbocycles. The average Bonchev–Trinajstić information content (AvgIpc) is 3.04. The molecular weight excluding hydrogens is 430 g/mol. The van der Waals surface area contributed by atoms with Crippen LogP contribution >= 0.6 is 0 Å². The van der Waals surface area contributed by atoms with Gasteiger partial charge in [-0.2, -0.15) is 0 Å². The molecule has 3 rings (SSSR count). The van der Waals surface area contributed by atoms with Crippen molar-refractivity contribution in [2.24, 2.45) is 0 Å². The number of rotatable bonds is 7. The first-order chi connectivity index (χ1) is 16.6. The summed E-state index contributed by atoms with van der Waals surface area (Å²) in [6.07, 6.45) is 14.8. The Morgan fingerprint density at radius 1 is 0.971 bits per heavy atom. The summed E-state index contributed by atoms with van der Waals surface area (Å²) >= 11 is 0. The number of fused-ring (bicyclic) bond motifs is 1. The maximum atomic E-state index is 11.7. The highest BCUT2D eigenvalue weighted by Gasteiger charge is 2.26. The van der Waals surface area contributed by atoms with Crippen LogP contribution in [0.1, 0.15) is 107 Å². The van der Waals surface area contributed by atoms with Crippen LogP contribution in [-0.4, -0.2) is 29.8 Å². The van der Waals surface area contributed by atoms with Crippen LogP contribution in [0.4, 0.5) is 0 Å². The molecule has 0 amide bonds. The molecule has 35 heavy (non-hydrogen) atoms. The number of hydrogen-bond acceptors (Lipinski definition) is 3. The average molecular weight is 486 g/mol. The Hall–Kier alpha value is -2.13. The molecule has 0 bridgehead atoms. The van der Waals surface area contributed by atoms with Crippen molar-refractivity contribution in [1.82, 2.24) is 4.90 Å². The van der Waals surface area contributed by atoms with E-state index in [9.17, 15) is 4.79 Å². The van der Waals surface area contributed by atoms with E-state index in [-0.39, 0.29) is 13.2 Å². The third-order valence-corrected chi connectivity index (χ3v) is 5.93. The predicted molar refractivity (Wildman–Crippen MR) is 156 cm³/mol. The Kier molecular flexibility index (Phi) is 21.2. The maximum absolute atomic E-state index is 11.7. The van der Waals surface area contributed by atoms with E-state index in [1.54, 1.807) is 6.92 Å². The number of ketones is 1. The highest BCUT2D eigenvalue weighted by Crippen LogP contribution is 2.29. The summed E-state index contributed by atoms with van der Waals surface area (Å²) in [5, 5.41) is 0. The van der Waals surface area contributed by atoms with Crippen LogP contribution in [0.2, 0.25) is 0 Å². The smallest absolute Gasteiger partial charge is 0.156 e. The molecule has 0 aromatic heterocycles. The molecule has 0 N–H and O–H groups in total. The molecule has 0 unspecified atom stereocenters. The van der Waals surface area contributed by atoms with E-state index in [1.807, 2.05) is 79.7 Å². The Balaban J connectivity index is 0. The first-order valence-corrected chi connectivity index (χ1v) is 13.6. The van der Waals surface area contributed by atoms with Crippen LogP contribution in [0.25, 0.3) is 0 Å². The third-order valence-electron chi connectivity index (χ3n) is 5.93. The number of benzene rings is 1. The number of carbonyl (C=O) groups is 1. The molecule has 1 aromatic rings. The second-order valence-electron chi connectivity index (χ2n) is 7.95. The summed E-state index contributed by atoms with van der Waals surface area (Å²) in [6.45, 7) is 19.9. The molecule has 1 aromatic carbocycles. The van der Waals surface area contributed by atoms with Crippen LogP contribution in [0.3, 0.4) is 0 Å². The molecule has 0 radical (unpaired) electrons. The fraction of sp³-hybridized carbons (Fsp3) is 0.594. The van der Waals surface area contributed by atoms with Gasteiger partial charge in [0.15, 0.2) is 5.78 Å². The molecule has 200 valence electrons. The Morgan fingerprint density at radius 3 is 2.09 bits per heavy atom. The zero-order chi connectivity index (χ0) is 25.9. The fourth-order valence-electron chi connectivity index (χ4n) is 3.91. The largest absolute Gasteiger partial charge is 0.462 e. The van der Waals surface area contributed by atoms with Gasteiger partial charge in [0.1, 0.15) is 11.5 Å². The molecule has 0 saturated heterocycles. The van der Waals surface area contributed by atoms with E-state index < -0.39 is 0 Å². The van der Waals surface area contributed by atoms with Gasteiger partial charge in [0, 0.05) is 19.1 Å². The molecule has 2 aliphatic rings. The van der Waals surface area contributed by atoms with Crippen molar-refractivity contribution in [3.05, 3.63) is 65.0 Å². The fourth-order valence-corrected chi connectivity index (χ4v) is 3.91. The van der Waals surface area contributed by atoms with Gasteiger partial charge < -0.3 is 4.74 Å². The first-order valence-electron chi connectivity index (χ1n) is 13.6. The lowest BCUT2D eigenvalue weighted by molar-refractivity contribution is -0.113. The Bertz CT molecular complexity index is 785. The van der Waals surface area contributed by atoms with Crippen molar-refractivity contribution in [3.63, 3.8) is 0 Å². The highest BCUT2D eigenvalue weighted by molar-refractivity contribution is 5.93. The molecule has 1 fully saturated rings. The Morgan fingerprint density at radius 2 is 1.57 bits per heavy atom. The minimum absolute atomic E-state index is 0. The predicted octanol–water partition coefficient (Wildman–Crippen LogP) is 9.12. The summed E-state index contributed by atoms with van der Waals surface area (Å²) in [5.74, 6) is 1.78. The number of ether oxygens (including phenoxy) is 1. The van der Waals surface area contributed by atoms with Crippen molar-refractivity contribution >= 4 is 5.78 Å². The molecule has 0 atom stereocenters. The summed E-state index contributed by atoms with van der Waals surface area (Å²) in [6, 6.07) is 7.32. The van der Waals surface area contributed by atoms with Crippen molar-refractivity contribution < 1.29 is 9.53 Å². The van der Waals surface area contributed by atoms with Gasteiger partial charge in [-0.3, -0.25) is 9.69 Å². The zero-order valence-electron chi connectivity index (χ0n) is 23.5. The standard InChI is InChI=1S/C25H33NO2.3C2H6.CH4/c1-4-5-7-21(20(3)27)11-10-19(2)28-25-13-12-22-14-16-26(24-8-6-9-24)17-15-23(22)18-25;3*1-2;/h4-5,10-13,18,24H,6-9,14-17H2,1-3H3;3*1-2H3;1H4/b5-4?,19-10+,21-11+;;;;. The molecule has 1 saturated carbocycles. The highest BCUT2D eigenvalue weighted by atomic mass is 16.5. The summed E-state index contributed by atoms with van der Waals surface area (Å²) in [4.78, 5) is 14.4. The van der Waals surface area contributed by atoms with Gasteiger partial charge in [0.2, 0.25) is 0 Å². The van der Waals surface area contributed by atoms with Gasteiger partial charge in [-0.1, -0.05) is 79.7 Å². The van der Waals surface area contributed by atoms with E-state index in [4.69, 9.17) is 4.74 Å². The molecule has 3 nitrogen and oxygen atoms in total. The van der Waals surface area contributed by atoms with Crippen LogP contribution < -0.4 is 4.74 Å². The second-order valence-corrected chi connectivity index (χ2v) is 7.95.